The summed E-state index contributed by atoms with van der Waals surface area (Å²) in [5.41, 5.74) is 6.42. The number of hydrogen-bond donors (Lipinski definition) is 2. The Hall–Kier alpha value is -1.78. The van der Waals surface area contributed by atoms with Gasteiger partial charge in [0.2, 0.25) is 0 Å². The molecule has 0 fully saturated rings. The highest BCUT2D eigenvalue weighted by atomic mass is 16.4. The van der Waals surface area contributed by atoms with Crippen LogP contribution in [0.3, 0.4) is 0 Å². The molecule has 0 aliphatic rings. The summed E-state index contributed by atoms with van der Waals surface area (Å²) in [6, 6.07) is 3.64. The Balaban J connectivity index is 2.99. The zero-order valence-electron chi connectivity index (χ0n) is 11.8. The van der Waals surface area contributed by atoms with Crippen LogP contribution >= 0.6 is 0 Å². The van der Waals surface area contributed by atoms with Crippen LogP contribution in [-0.2, 0) is 0 Å². The van der Waals surface area contributed by atoms with Crippen molar-refractivity contribution < 1.29 is 5.21 Å². The van der Waals surface area contributed by atoms with Crippen LogP contribution in [-0.4, -0.2) is 29.1 Å². The van der Waals surface area contributed by atoms with Gasteiger partial charge >= 0.3 is 0 Å². The van der Waals surface area contributed by atoms with Crippen LogP contribution in [0.25, 0.3) is 0 Å². The number of hydrogen-bond acceptors (Lipinski definition) is 4. The third-order valence-corrected chi connectivity index (χ3v) is 3.03. The molecule has 0 amide bonds. The third kappa shape index (κ3) is 4.43. The van der Waals surface area contributed by atoms with Crippen LogP contribution in [0.4, 0.5) is 5.82 Å². The molecule has 1 aromatic heterocycles. The first-order valence-electron chi connectivity index (χ1n) is 6.92. The van der Waals surface area contributed by atoms with E-state index in [2.05, 4.69) is 28.9 Å². The molecule has 0 aromatic carbocycles. The number of nitrogens with two attached hydrogens (primary N) is 1. The Bertz CT molecular complexity index is 398. The number of rotatable bonds is 8. The van der Waals surface area contributed by atoms with Gasteiger partial charge in [0.15, 0.2) is 5.84 Å². The van der Waals surface area contributed by atoms with Crippen LogP contribution in [0.5, 0.6) is 0 Å². The van der Waals surface area contributed by atoms with E-state index in [1.54, 1.807) is 12.3 Å². The number of aromatic nitrogens is 1. The SMILES string of the molecule is CCCCN(CCCC)c1ncccc1/C(N)=N/O. The van der Waals surface area contributed by atoms with E-state index < -0.39 is 0 Å². The molecule has 0 spiro atoms. The Morgan fingerprint density at radius 1 is 1.32 bits per heavy atom. The van der Waals surface area contributed by atoms with Crippen molar-refractivity contribution in [2.24, 2.45) is 10.9 Å². The van der Waals surface area contributed by atoms with E-state index in [9.17, 15) is 0 Å². The van der Waals surface area contributed by atoms with Crippen molar-refractivity contribution in [3.8, 4) is 0 Å². The van der Waals surface area contributed by atoms with Gasteiger partial charge in [0, 0.05) is 19.3 Å². The molecule has 0 aliphatic heterocycles. The van der Waals surface area contributed by atoms with Crippen molar-refractivity contribution in [2.75, 3.05) is 18.0 Å². The van der Waals surface area contributed by atoms with Gasteiger partial charge in [-0.3, -0.25) is 0 Å². The summed E-state index contributed by atoms with van der Waals surface area (Å²) in [5.74, 6) is 0.917. The van der Waals surface area contributed by atoms with Crippen molar-refractivity contribution in [3.63, 3.8) is 0 Å². The summed E-state index contributed by atoms with van der Waals surface area (Å²) in [7, 11) is 0. The van der Waals surface area contributed by atoms with Crippen molar-refractivity contribution in [1.82, 2.24) is 4.98 Å². The van der Waals surface area contributed by atoms with E-state index in [0.29, 0.717) is 5.56 Å². The first-order valence-corrected chi connectivity index (χ1v) is 6.92. The summed E-state index contributed by atoms with van der Waals surface area (Å²) in [6.07, 6.45) is 6.23. The van der Waals surface area contributed by atoms with Crippen LogP contribution in [0.1, 0.15) is 45.1 Å². The van der Waals surface area contributed by atoms with Crippen molar-refractivity contribution in [1.29, 1.82) is 0 Å². The quantitative estimate of drug-likeness (QED) is 0.327. The second kappa shape index (κ2) is 8.34. The monoisotopic (exact) mass is 264 g/mol. The van der Waals surface area contributed by atoms with E-state index >= 15 is 0 Å². The second-order valence-corrected chi connectivity index (χ2v) is 4.55. The van der Waals surface area contributed by atoms with E-state index in [1.165, 1.54) is 0 Å². The van der Waals surface area contributed by atoms with Gasteiger partial charge in [-0.15, -0.1) is 0 Å². The number of amidine groups is 1. The molecule has 0 saturated heterocycles. The van der Waals surface area contributed by atoms with Gasteiger partial charge in [0.25, 0.3) is 0 Å². The molecule has 0 bridgehead atoms. The number of anilines is 1. The van der Waals surface area contributed by atoms with Gasteiger partial charge in [0.05, 0.1) is 5.56 Å². The highest BCUT2D eigenvalue weighted by Gasteiger charge is 2.14. The van der Waals surface area contributed by atoms with Crippen LogP contribution in [0.2, 0.25) is 0 Å². The molecule has 0 aliphatic carbocycles. The van der Waals surface area contributed by atoms with Crippen molar-refractivity contribution in [2.45, 2.75) is 39.5 Å². The lowest BCUT2D eigenvalue weighted by Gasteiger charge is -2.25. The maximum Gasteiger partial charge on any atom is 0.173 e. The molecule has 0 radical (unpaired) electrons. The predicted molar refractivity (Wildman–Crippen MR) is 78.8 cm³/mol. The first-order chi connectivity index (χ1) is 9.24. The van der Waals surface area contributed by atoms with Gasteiger partial charge < -0.3 is 15.8 Å². The topological polar surface area (TPSA) is 74.7 Å². The first kappa shape index (κ1) is 15.3. The minimum absolute atomic E-state index is 0.112. The van der Waals surface area contributed by atoms with E-state index in [-0.39, 0.29) is 5.84 Å². The smallest absolute Gasteiger partial charge is 0.173 e. The molecular formula is C14H24N4O. The number of nitrogens with zero attached hydrogens (tertiary/aromatic N) is 3. The molecule has 1 aromatic rings. The van der Waals surface area contributed by atoms with Crippen LogP contribution in [0, 0.1) is 0 Å². The molecule has 5 nitrogen and oxygen atoms in total. The van der Waals surface area contributed by atoms with Crippen LogP contribution < -0.4 is 10.6 Å². The van der Waals surface area contributed by atoms with Gasteiger partial charge in [0.1, 0.15) is 5.82 Å². The molecule has 0 atom stereocenters. The lowest BCUT2D eigenvalue weighted by atomic mass is 10.2. The fourth-order valence-corrected chi connectivity index (χ4v) is 1.92. The average Bonchev–Trinajstić information content (AvgIpc) is 2.47. The molecule has 0 saturated carbocycles. The molecule has 1 rings (SSSR count). The zero-order valence-corrected chi connectivity index (χ0v) is 11.8. The standard InChI is InChI=1S/C14H24N4O/c1-3-5-10-18(11-6-4-2)14-12(13(15)17-19)8-7-9-16-14/h7-9,19H,3-6,10-11H2,1-2H3,(H2,15,17). The third-order valence-electron chi connectivity index (χ3n) is 3.03. The molecular weight excluding hydrogens is 240 g/mol. The summed E-state index contributed by atoms with van der Waals surface area (Å²) >= 11 is 0. The highest BCUT2D eigenvalue weighted by Crippen LogP contribution is 2.18. The largest absolute Gasteiger partial charge is 0.409 e. The van der Waals surface area contributed by atoms with Crippen LogP contribution in [0.15, 0.2) is 23.5 Å². The number of oxime groups is 1. The predicted octanol–water partition coefficient (Wildman–Crippen LogP) is 2.58. The molecule has 5 heteroatoms. The zero-order chi connectivity index (χ0) is 14.1. The maximum absolute atomic E-state index is 8.86. The summed E-state index contributed by atoms with van der Waals surface area (Å²) < 4.78 is 0. The molecule has 3 N–H and O–H groups in total. The summed E-state index contributed by atoms with van der Waals surface area (Å²) in [6.45, 7) is 6.22. The Morgan fingerprint density at radius 2 is 1.95 bits per heavy atom. The fourth-order valence-electron chi connectivity index (χ4n) is 1.92. The average molecular weight is 264 g/mol. The van der Waals surface area contributed by atoms with Gasteiger partial charge in [-0.1, -0.05) is 31.8 Å². The van der Waals surface area contributed by atoms with Gasteiger partial charge in [-0.2, -0.15) is 0 Å². The maximum atomic E-state index is 8.86. The van der Waals surface area contributed by atoms with E-state index in [0.717, 1.165) is 44.6 Å². The molecule has 0 unspecified atom stereocenters. The van der Waals surface area contributed by atoms with Gasteiger partial charge in [-0.05, 0) is 25.0 Å². The van der Waals surface area contributed by atoms with E-state index in [4.69, 9.17) is 10.9 Å². The second-order valence-electron chi connectivity index (χ2n) is 4.55. The summed E-state index contributed by atoms with van der Waals surface area (Å²) in [5, 5.41) is 12.0. The van der Waals surface area contributed by atoms with E-state index in [1.807, 2.05) is 6.07 Å². The van der Waals surface area contributed by atoms with Crippen molar-refractivity contribution >= 4 is 11.7 Å². The minimum Gasteiger partial charge on any atom is -0.409 e. The lowest BCUT2D eigenvalue weighted by Crippen LogP contribution is -2.29. The normalized spacial score (nSPS) is 11.6. The Morgan fingerprint density at radius 3 is 2.47 bits per heavy atom. The van der Waals surface area contributed by atoms with Crippen molar-refractivity contribution in [3.05, 3.63) is 23.9 Å². The van der Waals surface area contributed by atoms with Gasteiger partial charge in [-0.25, -0.2) is 4.98 Å². The lowest BCUT2D eigenvalue weighted by molar-refractivity contribution is 0.318. The molecule has 1 heterocycles. The Kier molecular flexibility index (Phi) is 6.71. The fraction of sp³-hybridized carbons (Fsp3) is 0.571. The molecule has 19 heavy (non-hydrogen) atoms. The number of pyridine rings is 1. The highest BCUT2D eigenvalue weighted by molar-refractivity contribution is 6.01. The minimum atomic E-state index is 0.112. The summed E-state index contributed by atoms with van der Waals surface area (Å²) in [4.78, 5) is 6.63. The number of unbranched alkanes of at least 4 members (excludes halogenated alkanes) is 2. The Labute approximate surface area is 115 Å². The molecule has 106 valence electrons.